The molecule has 0 bridgehead atoms. The zero-order chi connectivity index (χ0) is 12.8. The third-order valence-electron chi connectivity index (χ3n) is 2.67. The van der Waals surface area contributed by atoms with E-state index in [-0.39, 0.29) is 18.7 Å². The van der Waals surface area contributed by atoms with Gasteiger partial charge in [-0.15, -0.1) is 11.3 Å². The number of hydrogen-bond acceptors (Lipinski definition) is 4. The predicted octanol–water partition coefficient (Wildman–Crippen LogP) is 2.60. The summed E-state index contributed by atoms with van der Waals surface area (Å²) in [5.74, 6) is 0. The van der Waals surface area contributed by atoms with Gasteiger partial charge in [0.25, 0.3) is 0 Å². The summed E-state index contributed by atoms with van der Waals surface area (Å²) >= 11 is 5.20. The quantitative estimate of drug-likeness (QED) is 0.812. The number of rotatable bonds is 7. The second kappa shape index (κ2) is 7.48. The van der Waals surface area contributed by atoms with Crippen LogP contribution in [0.2, 0.25) is 0 Å². The molecule has 0 aromatic carbocycles. The molecule has 2 atom stereocenters. The van der Waals surface area contributed by atoms with Crippen molar-refractivity contribution < 1.29 is 5.11 Å². The monoisotopic (exact) mass is 320 g/mol. The largest absolute Gasteiger partial charge is 0.395 e. The van der Waals surface area contributed by atoms with E-state index in [9.17, 15) is 0 Å². The number of aliphatic hydroxyl groups is 1. The van der Waals surface area contributed by atoms with E-state index in [2.05, 4.69) is 39.9 Å². The molecule has 98 valence electrons. The molecule has 0 fully saturated rings. The van der Waals surface area contributed by atoms with Crippen LogP contribution in [0.25, 0.3) is 0 Å². The fourth-order valence-corrected chi connectivity index (χ4v) is 3.74. The first-order valence-corrected chi connectivity index (χ1v) is 7.56. The predicted molar refractivity (Wildman–Crippen MR) is 77.4 cm³/mol. The van der Waals surface area contributed by atoms with Gasteiger partial charge in [0.1, 0.15) is 0 Å². The molecule has 17 heavy (non-hydrogen) atoms. The standard InChI is InChI=1S/C12H21BrN2OS/c1-3-6-15(7-8-16)12(9(2)14)10-4-5-11(13)17-10/h4-5,9,12,16H,3,6-8,14H2,1-2H3. The highest BCUT2D eigenvalue weighted by Gasteiger charge is 2.24. The van der Waals surface area contributed by atoms with Crippen molar-refractivity contribution in [2.45, 2.75) is 32.4 Å². The van der Waals surface area contributed by atoms with E-state index in [1.165, 1.54) is 4.88 Å². The number of hydrogen-bond donors (Lipinski definition) is 2. The summed E-state index contributed by atoms with van der Waals surface area (Å²) in [4.78, 5) is 3.52. The van der Waals surface area contributed by atoms with Crippen molar-refractivity contribution in [3.8, 4) is 0 Å². The number of nitrogens with two attached hydrogens (primary N) is 1. The van der Waals surface area contributed by atoms with E-state index in [0.717, 1.165) is 16.8 Å². The van der Waals surface area contributed by atoms with E-state index >= 15 is 0 Å². The molecule has 0 spiro atoms. The van der Waals surface area contributed by atoms with Crippen LogP contribution in [0.4, 0.5) is 0 Å². The van der Waals surface area contributed by atoms with Crippen molar-refractivity contribution >= 4 is 27.3 Å². The Kier molecular flexibility index (Phi) is 6.66. The van der Waals surface area contributed by atoms with Gasteiger partial charge in [-0.1, -0.05) is 6.92 Å². The van der Waals surface area contributed by atoms with Gasteiger partial charge in [-0.25, -0.2) is 0 Å². The molecular formula is C12H21BrN2OS. The number of aliphatic hydroxyl groups excluding tert-OH is 1. The molecule has 0 aliphatic carbocycles. The zero-order valence-electron chi connectivity index (χ0n) is 10.4. The van der Waals surface area contributed by atoms with Crippen LogP contribution in [0.5, 0.6) is 0 Å². The van der Waals surface area contributed by atoms with Crippen LogP contribution in [0.1, 0.15) is 31.2 Å². The first-order chi connectivity index (χ1) is 8.10. The van der Waals surface area contributed by atoms with Crippen molar-refractivity contribution in [2.24, 2.45) is 5.73 Å². The minimum Gasteiger partial charge on any atom is -0.395 e. The lowest BCUT2D eigenvalue weighted by molar-refractivity contribution is 0.139. The minimum atomic E-state index is 0.0543. The summed E-state index contributed by atoms with van der Waals surface area (Å²) in [5.41, 5.74) is 6.11. The molecule has 0 saturated carbocycles. The summed E-state index contributed by atoms with van der Waals surface area (Å²) in [6.07, 6.45) is 1.07. The Labute approximate surface area is 116 Å². The Morgan fingerprint density at radius 1 is 1.47 bits per heavy atom. The van der Waals surface area contributed by atoms with E-state index in [0.29, 0.717) is 6.54 Å². The minimum absolute atomic E-state index is 0.0543. The van der Waals surface area contributed by atoms with Gasteiger partial charge in [0.05, 0.1) is 16.4 Å². The smallest absolute Gasteiger partial charge is 0.0702 e. The van der Waals surface area contributed by atoms with Crippen LogP contribution in [0.3, 0.4) is 0 Å². The van der Waals surface area contributed by atoms with E-state index in [4.69, 9.17) is 10.8 Å². The molecule has 1 rings (SSSR count). The zero-order valence-corrected chi connectivity index (χ0v) is 12.8. The lowest BCUT2D eigenvalue weighted by Crippen LogP contribution is -2.41. The molecule has 3 N–H and O–H groups in total. The molecule has 5 heteroatoms. The SMILES string of the molecule is CCCN(CCO)C(c1ccc(Br)s1)C(C)N. The maximum Gasteiger partial charge on any atom is 0.0702 e. The van der Waals surface area contributed by atoms with Gasteiger partial charge in [-0.05, 0) is 48.0 Å². The number of halogens is 1. The van der Waals surface area contributed by atoms with Crippen LogP contribution >= 0.6 is 27.3 Å². The summed E-state index contributed by atoms with van der Waals surface area (Å²) in [7, 11) is 0. The van der Waals surface area contributed by atoms with Crippen molar-refractivity contribution in [1.82, 2.24) is 4.90 Å². The fraction of sp³-hybridized carbons (Fsp3) is 0.667. The van der Waals surface area contributed by atoms with Gasteiger partial charge in [0.15, 0.2) is 0 Å². The Balaban J connectivity index is 2.89. The lowest BCUT2D eigenvalue weighted by atomic mass is 10.1. The molecule has 0 saturated heterocycles. The molecule has 0 radical (unpaired) electrons. The highest BCUT2D eigenvalue weighted by atomic mass is 79.9. The second-order valence-corrected chi connectivity index (χ2v) is 6.70. The first kappa shape index (κ1) is 15.1. The van der Waals surface area contributed by atoms with Crippen molar-refractivity contribution in [3.63, 3.8) is 0 Å². The second-order valence-electron chi connectivity index (χ2n) is 4.21. The van der Waals surface area contributed by atoms with Gasteiger partial charge in [-0.3, -0.25) is 4.90 Å². The van der Waals surface area contributed by atoms with Gasteiger partial charge in [-0.2, -0.15) is 0 Å². The van der Waals surface area contributed by atoms with Crippen LogP contribution in [-0.2, 0) is 0 Å². The van der Waals surface area contributed by atoms with E-state index in [1.807, 2.05) is 6.92 Å². The van der Waals surface area contributed by atoms with Crippen molar-refractivity contribution in [1.29, 1.82) is 0 Å². The highest BCUT2D eigenvalue weighted by Crippen LogP contribution is 2.32. The molecule has 1 aromatic heterocycles. The average Bonchev–Trinajstić information content (AvgIpc) is 2.65. The molecule has 0 aliphatic heterocycles. The topological polar surface area (TPSA) is 49.5 Å². The lowest BCUT2D eigenvalue weighted by Gasteiger charge is -2.33. The molecule has 1 heterocycles. The van der Waals surface area contributed by atoms with Crippen LogP contribution in [-0.4, -0.2) is 35.7 Å². The Morgan fingerprint density at radius 3 is 2.59 bits per heavy atom. The van der Waals surface area contributed by atoms with E-state index in [1.54, 1.807) is 11.3 Å². The molecule has 1 aromatic rings. The average molecular weight is 321 g/mol. The fourth-order valence-electron chi connectivity index (χ4n) is 2.06. The normalized spacial score (nSPS) is 15.2. The summed E-state index contributed by atoms with van der Waals surface area (Å²) < 4.78 is 1.12. The third kappa shape index (κ3) is 4.34. The maximum atomic E-state index is 9.16. The summed E-state index contributed by atoms with van der Waals surface area (Å²) in [6, 6.07) is 4.42. The molecular weight excluding hydrogens is 300 g/mol. The van der Waals surface area contributed by atoms with Crippen molar-refractivity contribution in [3.05, 3.63) is 20.8 Å². The van der Waals surface area contributed by atoms with Gasteiger partial charge < -0.3 is 10.8 Å². The van der Waals surface area contributed by atoms with E-state index < -0.39 is 0 Å². The van der Waals surface area contributed by atoms with Gasteiger partial charge in [0.2, 0.25) is 0 Å². The molecule has 2 unspecified atom stereocenters. The maximum absolute atomic E-state index is 9.16. The summed E-state index contributed by atoms with van der Waals surface area (Å²) in [5, 5.41) is 9.16. The Morgan fingerprint density at radius 2 is 2.18 bits per heavy atom. The molecule has 3 nitrogen and oxygen atoms in total. The number of nitrogens with zero attached hydrogens (tertiary/aromatic N) is 1. The van der Waals surface area contributed by atoms with Crippen molar-refractivity contribution in [2.75, 3.05) is 19.7 Å². The van der Waals surface area contributed by atoms with Crippen LogP contribution in [0.15, 0.2) is 15.9 Å². The van der Waals surface area contributed by atoms with Gasteiger partial charge >= 0.3 is 0 Å². The van der Waals surface area contributed by atoms with Gasteiger partial charge in [0, 0.05) is 17.5 Å². The third-order valence-corrected chi connectivity index (χ3v) is 4.37. The Hall–Kier alpha value is 0.0600. The highest BCUT2D eigenvalue weighted by molar-refractivity contribution is 9.11. The van der Waals surface area contributed by atoms with Crippen LogP contribution < -0.4 is 5.73 Å². The Bertz CT molecular complexity index is 324. The first-order valence-electron chi connectivity index (χ1n) is 5.95. The van der Waals surface area contributed by atoms with Crippen LogP contribution in [0, 0.1) is 0 Å². The molecule has 0 aliphatic rings. The summed E-state index contributed by atoms with van der Waals surface area (Å²) in [6.45, 7) is 5.99. The number of thiophene rings is 1. The molecule has 0 amide bonds.